The smallest absolute Gasteiger partial charge is 0.303 e. The van der Waals surface area contributed by atoms with Gasteiger partial charge < -0.3 is 10.0 Å². The van der Waals surface area contributed by atoms with Gasteiger partial charge in [0.1, 0.15) is 0 Å². The summed E-state index contributed by atoms with van der Waals surface area (Å²) in [6, 6.07) is 0. The molecule has 0 aliphatic carbocycles. The first-order valence-electron chi connectivity index (χ1n) is 5.29. The molecule has 0 unspecified atom stereocenters. The van der Waals surface area contributed by atoms with Crippen LogP contribution in [0.25, 0.3) is 0 Å². The minimum absolute atomic E-state index is 0. The lowest BCUT2D eigenvalue weighted by atomic mass is 10.2. The van der Waals surface area contributed by atoms with Crippen molar-refractivity contribution >= 4 is 24.3 Å². The summed E-state index contributed by atoms with van der Waals surface area (Å²) in [5, 5.41) is 18.2. The number of halogens is 1. The van der Waals surface area contributed by atoms with Crippen LogP contribution in [0.2, 0.25) is 0 Å². The number of aliphatic carboxylic acids is 1. The predicted octanol–water partition coefficient (Wildman–Crippen LogP) is 0.833. The number of carbonyl (C=O) groups excluding carboxylic acids is 1. The van der Waals surface area contributed by atoms with E-state index >= 15 is 0 Å². The van der Waals surface area contributed by atoms with Gasteiger partial charge in [-0.05, 0) is 33.5 Å². The number of rotatable bonds is 8. The van der Waals surface area contributed by atoms with Crippen molar-refractivity contribution in [1.82, 2.24) is 9.96 Å². The maximum absolute atomic E-state index is 11.2. The molecular weight excluding hydrogens is 248 g/mol. The fourth-order valence-corrected chi connectivity index (χ4v) is 1.16. The Morgan fingerprint density at radius 2 is 1.59 bits per heavy atom. The van der Waals surface area contributed by atoms with E-state index in [9.17, 15) is 14.8 Å². The lowest BCUT2D eigenvalue weighted by Gasteiger charge is -2.15. The van der Waals surface area contributed by atoms with Crippen LogP contribution in [0.5, 0.6) is 0 Å². The Balaban J connectivity index is 0. The Kier molecular flexibility index (Phi) is 11.2. The molecule has 0 aromatic rings. The number of amides is 1. The zero-order valence-electron chi connectivity index (χ0n) is 10.3. The van der Waals surface area contributed by atoms with Gasteiger partial charge in [-0.3, -0.25) is 14.8 Å². The second-order valence-corrected chi connectivity index (χ2v) is 3.92. The van der Waals surface area contributed by atoms with Crippen molar-refractivity contribution in [2.75, 3.05) is 27.2 Å². The summed E-state index contributed by atoms with van der Waals surface area (Å²) in [4.78, 5) is 23.4. The number of hydroxylamine groups is 2. The van der Waals surface area contributed by atoms with Crippen LogP contribution in [0.1, 0.15) is 25.7 Å². The molecule has 0 atom stereocenters. The van der Waals surface area contributed by atoms with Crippen molar-refractivity contribution in [2.24, 2.45) is 0 Å². The number of hydrogen-bond donors (Lipinski definition) is 2. The molecule has 102 valence electrons. The molecule has 0 aromatic carbocycles. The summed E-state index contributed by atoms with van der Waals surface area (Å²) in [5.41, 5.74) is 0. The first-order chi connectivity index (χ1) is 7.43. The van der Waals surface area contributed by atoms with Crippen LogP contribution in [0, 0.1) is 0 Å². The highest BCUT2D eigenvalue weighted by atomic mass is 35.5. The van der Waals surface area contributed by atoms with Crippen molar-refractivity contribution in [2.45, 2.75) is 25.7 Å². The Morgan fingerprint density at radius 1 is 1.06 bits per heavy atom. The third-order valence-electron chi connectivity index (χ3n) is 2.07. The molecule has 0 rings (SSSR count). The van der Waals surface area contributed by atoms with Crippen LogP contribution >= 0.6 is 12.4 Å². The Morgan fingerprint density at radius 3 is 2.06 bits per heavy atom. The van der Waals surface area contributed by atoms with E-state index in [1.807, 2.05) is 19.0 Å². The fraction of sp³-hybridized carbons (Fsp3) is 0.800. The van der Waals surface area contributed by atoms with Crippen LogP contribution < -0.4 is 0 Å². The molecule has 0 heterocycles. The van der Waals surface area contributed by atoms with E-state index in [-0.39, 0.29) is 31.8 Å². The van der Waals surface area contributed by atoms with Gasteiger partial charge in [-0.2, -0.15) is 0 Å². The number of carbonyl (C=O) groups is 2. The van der Waals surface area contributed by atoms with E-state index in [2.05, 4.69) is 0 Å². The largest absolute Gasteiger partial charge is 0.481 e. The molecule has 6 nitrogen and oxygen atoms in total. The molecule has 0 saturated carbocycles. The van der Waals surface area contributed by atoms with E-state index in [4.69, 9.17) is 5.11 Å². The SMILES string of the molecule is CN(C)CCCCN(O)C(=O)CCC(=O)O.Cl. The minimum atomic E-state index is -1.03. The monoisotopic (exact) mass is 268 g/mol. The van der Waals surface area contributed by atoms with Gasteiger partial charge in [-0.15, -0.1) is 12.4 Å². The van der Waals surface area contributed by atoms with Gasteiger partial charge in [0.15, 0.2) is 0 Å². The highest BCUT2D eigenvalue weighted by Crippen LogP contribution is 1.99. The Labute approximate surface area is 108 Å². The van der Waals surface area contributed by atoms with Gasteiger partial charge in [0.05, 0.1) is 6.42 Å². The third-order valence-corrected chi connectivity index (χ3v) is 2.07. The number of nitrogens with zero attached hydrogens (tertiary/aromatic N) is 2. The summed E-state index contributed by atoms with van der Waals surface area (Å²) >= 11 is 0. The number of carboxylic acids is 1. The van der Waals surface area contributed by atoms with E-state index in [1.54, 1.807) is 0 Å². The van der Waals surface area contributed by atoms with Gasteiger partial charge >= 0.3 is 5.97 Å². The number of hydrogen-bond acceptors (Lipinski definition) is 4. The van der Waals surface area contributed by atoms with E-state index < -0.39 is 11.9 Å². The van der Waals surface area contributed by atoms with Crippen molar-refractivity contribution in [3.63, 3.8) is 0 Å². The lowest BCUT2D eigenvalue weighted by Crippen LogP contribution is -2.29. The van der Waals surface area contributed by atoms with E-state index in [0.29, 0.717) is 11.5 Å². The molecule has 0 bridgehead atoms. The van der Waals surface area contributed by atoms with Gasteiger partial charge in [-0.1, -0.05) is 0 Å². The molecule has 0 spiro atoms. The number of unbranched alkanes of at least 4 members (excludes halogenated alkanes) is 1. The molecule has 0 radical (unpaired) electrons. The summed E-state index contributed by atoms with van der Waals surface area (Å²) in [6.07, 6.45) is 1.19. The number of carboxylic acid groups (broad SMARTS) is 1. The lowest BCUT2D eigenvalue weighted by molar-refractivity contribution is -0.166. The van der Waals surface area contributed by atoms with Gasteiger partial charge in [0, 0.05) is 13.0 Å². The second kappa shape index (κ2) is 10.3. The van der Waals surface area contributed by atoms with Gasteiger partial charge in [0.2, 0.25) is 5.91 Å². The fourth-order valence-electron chi connectivity index (χ4n) is 1.16. The molecule has 0 aromatic heterocycles. The second-order valence-electron chi connectivity index (χ2n) is 3.92. The molecule has 2 N–H and O–H groups in total. The first kappa shape index (κ1) is 18.5. The maximum atomic E-state index is 11.2. The van der Waals surface area contributed by atoms with Crippen molar-refractivity contribution in [3.05, 3.63) is 0 Å². The molecule has 0 aliphatic rings. The van der Waals surface area contributed by atoms with Crippen LogP contribution in [0.4, 0.5) is 0 Å². The zero-order valence-corrected chi connectivity index (χ0v) is 11.1. The Hall–Kier alpha value is -0.850. The van der Waals surface area contributed by atoms with Gasteiger partial charge in [0.25, 0.3) is 0 Å². The molecule has 0 aliphatic heterocycles. The molecule has 0 fully saturated rings. The van der Waals surface area contributed by atoms with Crippen LogP contribution in [-0.4, -0.2) is 59.3 Å². The standard InChI is InChI=1S/C10H20N2O4.ClH/c1-11(2)7-3-4-8-12(16)9(13)5-6-10(14)15;/h16H,3-8H2,1-2H3,(H,14,15);1H. The van der Waals surface area contributed by atoms with Crippen molar-refractivity contribution in [3.8, 4) is 0 Å². The first-order valence-corrected chi connectivity index (χ1v) is 5.29. The van der Waals surface area contributed by atoms with E-state index in [1.165, 1.54) is 0 Å². The van der Waals surface area contributed by atoms with Crippen LogP contribution in [0.3, 0.4) is 0 Å². The maximum Gasteiger partial charge on any atom is 0.303 e. The van der Waals surface area contributed by atoms with Crippen molar-refractivity contribution < 1.29 is 19.9 Å². The summed E-state index contributed by atoms with van der Waals surface area (Å²) in [5.74, 6) is -1.57. The zero-order chi connectivity index (χ0) is 12.6. The minimum Gasteiger partial charge on any atom is -0.481 e. The normalized spacial score (nSPS) is 9.88. The highest BCUT2D eigenvalue weighted by Gasteiger charge is 2.11. The quantitative estimate of drug-likeness (QED) is 0.387. The average molecular weight is 269 g/mol. The van der Waals surface area contributed by atoms with E-state index in [0.717, 1.165) is 13.0 Å². The Bertz CT molecular complexity index is 236. The third kappa shape index (κ3) is 11.4. The van der Waals surface area contributed by atoms with Gasteiger partial charge in [-0.25, -0.2) is 5.06 Å². The predicted molar refractivity (Wildman–Crippen MR) is 65.4 cm³/mol. The molecule has 0 saturated heterocycles. The topological polar surface area (TPSA) is 81.1 Å². The molecule has 7 heteroatoms. The van der Waals surface area contributed by atoms with Crippen molar-refractivity contribution in [1.29, 1.82) is 0 Å². The molecule has 1 amide bonds. The average Bonchev–Trinajstić information content (AvgIpc) is 2.20. The molecular formula is C10H21ClN2O4. The highest BCUT2D eigenvalue weighted by molar-refractivity contribution is 5.85. The summed E-state index contributed by atoms with van der Waals surface area (Å²) in [7, 11) is 3.91. The molecule has 17 heavy (non-hydrogen) atoms. The van der Waals surface area contributed by atoms with Crippen LogP contribution in [0.15, 0.2) is 0 Å². The summed E-state index contributed by atoms with van der Waals surface area (Å²) in [6.45, 7) is 1.16. The van der Waals surface area contributed by atoms with Crippen LogP contribution in [-0.2, 0) is 9.59 Å². The summed E-state index contributed by atoms with van der Waals surface area (Å²) < 4.78 is 0.